The van der Waals surface area contributed by atoms with E-state index in [0.717, 1.165) is 12.8 Å². The van der Waals surface area contributed by atoms with Crippen LogP contribution in [0.4, 0.5) is 0 Å². The van der Waals surface area contributed by atoms with E-state index in [4.69, 9.17) is 10.8 Å². The molecule has 0 fully saturated rings. The summed E-state index contributed by atoms with van der Waals surface area (Å²) >= 11 is 0. The van der Waals surface area contributed by atoms with Crippen LogP contribution in [0.25, 0.3) is 0 Å². The maximum atomic E-state index is 11.9. The van der Waals surface area contributed by atoms with Gasteiger partial charge in [0.15, 0.2) is 0 Å². The fraction of sp³-hybridized carbons (Fsp3) is 0.429. The van der Waals surface area contributed by atoms with Gasteiger partial charge in [-0.25, -0.2) is 4.79 Å². The van der Waals surface area contributed by atoms with Crippen molar-refractivity contribution in [2.24, 2.45) is 5.73 Å². The molecule has 0 saturated carbocycles. The van der Waals surface area contributed by atoms with Crippen LogP contribution in [0.3, 0.4) is 0 Å². The summed E-state index contributed by atoms with van der Waals surface area (Å²) in [6.45, 7) is 4.32. The second-order valence-electron chi connectivity index (χ2n) is 4.64. The molecule has 0 radical (unpaired) electrons. The van der Waals surface area contributed by atoms with Crippen molar-refractivity contribution >= 4 is 11.9 Å². The van der Waals surface area contributed by atoms with Crippen LogP contribution in [-0.2, 0) is 0 Å². The van der Waals surface area contributed by atoms with Crippen LogP contribution < -0.4 is 11.1 Å². The summed E-state index contributed by atoms with van der Waals surface area (Å²) in [5, 5.41) is 11.6. The van der Waals surface area contributed by atoms with Gasteiger partial charge in [0.05, 0.1) is 5.56 Å². The molecular formula is C14H20N2O3. The molecule has 4 N–H and O–H groups in total. The van der Waals surface area contributed by atoms with Crippen molar-refractivity contribution in [2.75, 3.05) is 6.54 Å². The molecule has 0 aromatic heterocycles. The molecule has 19 heavy (non-hydrogen) atoms. The number of hydrogen-bond acceptors (Lipinski definition) is 3. The number of nitrogens with two attached hydrogens (primary N) is 1. The lowest BCUT2D eigenvalue weighted by Gasteiger charge is -2.26. The normalized spacial score (nSPS) is 11.1. The molecule has 104 valence electrons. The Bertz CT molecular complexity index is 468. The zero-order chi connectivity index (χ0) is 14.5. The Morgan fingerprint density at radius 3 is 2.37 bits per heavy atom. The van der Waals surface area contributed by atoms with Crippen LogP contribution in [0.5, 0.6) is 0 Å². The van der Waals surface area contributed by atoms with Crippen LogP contribution in [-0.4, -0.2) is 29.1 Å². The quantitative estimate of drug-likeness (QED) is 0.728. The number of carboxylic acids is 1. The molecule has 0 atom stereocenters. The molecule has 1 aromatic rings. The van der Waals surface area contributed by atoms with Crippen molar-refractivity contribution < 1.29 is 14.7 Å². The van der Waals surface area contributed by atoms with Crippen LogP contribution in [0.2, 0.25) is 0 Å². The Labute approximate surface area is 112 Å². The Kier molecular flexibility index (Phi) is 5.06. The molecule has 5 heteroatoms. The number of nitrogens with one attached hydrogen (secondary N) is 1. The maximum absolute atomic E-state index is 11.9. The van der Waals surface area contributed by atoms with E-state index in [1.807, 2.05) is 13.8 Å². The van der Waals surface area contributed by atoms with E-state index in [0.29, 0.717) is 12.1 Å². The summed E-state index contributed by atoms with van der Waals surface area (Å²) in [5.74, 6) is -1.36. The third-order valence-electron chi connectivity index (χ3n) is 3.38. The van der Waals surface area contributed by atoms with Gasteiger partial charge in [-0.15, -0.1) is 0 Å². The minimum Gasteiger partial charge on any atom is -0.478 e. The van der Waals surface area contributed by atoms with Crippen molar-refractivity contribution in [1.82, 2.24) is 5.32 Å². The van der Waals surface area contributed by atoms with Gasteiger partial charge in [0.1, 0.15) is 0 Å². The molecular weight excluding hydrogens is 244 g/mol. The lowest BCUT2D eigenvalue weighted by atomic mass is 9.94. The van der Waals surface area contributed by atoms with Gasteiger partial charge in [0, 0.05) is 17.6 Å². The standard InChI is InChI=1S/C14H20N2O3/c1-3-14(15,4-2)9-16-12(17)10-6-5-7-11(8-10)13(18)19/h5-8H,3-4,9,15H2,1-2H3,(H,16,17)(H,18,19). The fourth-order valence-corrected chi connectivity index (χ4v) is 1.65. The average molecular weight is 264 g/mol. The zero-order valence-corrected chi connectivity index (χ0v) is 11.3. The molecule has 1 amide bonds. The SMILES string of the molecule is CCC(N)(CC)CNC(=O)c1cccc(C(=O)O)c1. The van der Waals surface area contributed by atoms with E-state index < -0.39 is 11.5 Å². The van der Waals surface area contributed by atoms with Crippen molar-refractivity contribution in [3.8, 4) is 0 Å². The Balaban J connectivity index is 2.74. The Morgan fingerprint density at radius 2 is 1.84 bits per heavy atom. The van der Waals surface area contributed by atoms with Crippen molar-refractivity contribution in [3.63, 3.8) is 0 Å². The minimum atomic E-state index is -1.05. The predicted molar refractivity (Wildman–Crippen MR) is 73.2 cm³/mol. The van der Waals surface area contributed by atoms with E-state index in [-0.39, 0.29) is 11.5 Å². The van der Waals surface area contributed by atoms with E-state index in [9.17, 15) is 9.59 Å². The highest BCUT2D eigenvalue weighted by molar-refractivity contribution is 5.97. The summed E-state index contributed by atoms with van der Waals surface area (Å²) in [4.78, 5) is 22.8. The van der Waals surface area contributed by atoms with Gasteiger partial charge >= 0.3 is 5.97 Å². The number of carbonyl (C=O) groups excluding carboxylic acids is 1. The van der Waals surface area contributed by atoms with Gasteiger partial charge in [-0.05, 0) is 31.0 Å². The molecule has 0 aliphatic carbocycles. The van der Waals surface area contributed by atoms with Gasteiger partial charge in [0.2, 0.25) is 0 Å². The lowest BCUT2D eigenvalue weighted by Crippen LogP contribution is -2.49. The fourth-order valence-electron chi connectivity index (χ4n) is 1.65. The highest BCUT2D eigenvalue weighted by atomic mass is 16.4. The third-order valence-corrected chi connectivity index (χ3v) is 3.38. The number of carbonyl (C=O) groups is 2. The first-order valence-electron chi connectivity index (χ1n) is 6.32. The van der Waals surface area contributed by atoms with Gasteiger partial charge in [0.25, 0.3) is 5.91 Å². The smallest absolute Gasteiger partial charge is 0.335 e. The van der Waals surface area contributed by atoms with Crippen LogP contribution >= 0.6 is 0 Å². The second-order valence-corrected chi connectivity index (χ2v) is 4.64. The van der Waals surface area contributed by atoms with E-state index >= 15 is 0 Å². The molecule has 0 aliphatic heterocycles. The number of amides is 1. The molecule has 0 saturated heterocycles. The number of benzene rings is 1. The lowest BCUT2D eigenvalue weighted by molar-refractivity contribution is 0.0697. The Morgan fingerprint density at radius 1 is 1.26 bits per heavy atom. The van der Waals surface area contributed by atoms with Gasteiger partial charge in [-0.3, -0.25) is 4.79 Å². The first kappa shape index (κ1) is 15.2. The maximum Gasteiger partial charge on any atom is 0.335 e. The largest absolute Gasteiger partial charge is 0.478 e. The summed E-state index contributed by atoms with van der Waals surface area (Å²) in [5.41, 5.74) is 6.10. The number of aromatic carboxylic acids is 1. The topological polar surface area (TPSA) is 92.4 Å². The molecule has 1 rings (SSSR count). The highest BCUT2D eigenvalue weighted by Crippen LogP contribution is 2.10. The second kappa shape index (κ2) is 6.33. The number of rotatable bonds is 6. The van der Waals surface area contributed by atoms with E-state index in [2.05, 4.69) is 5.32 Å². The molecule has 0 bridgehead atoms. The molecule has 1 aromatic carbocycles. The summed E-state index contributed by atoms with van der Waals surface area (Å²) in [6.07, 6.45) is 1.53. The average Bonchev–Trinajstić information content (AvgIpc) is 2.44. The van der Waals surface area contributed by atoms with Crippen molar-refractivity contribution in [3.05, 3.63) is 35.4 Å². The summed E-state index contributed by atoms with van der Waals surface area (Å²) in [7, 11) is 0. The Hall–Kier alpha value is -1.88. The van der Waals surface area contributed by atoms with Gasteiger partial charge in [-0.2, -0.15) is 0 Å². The third kappa shape index (κ3) is 4.06. The first-order chi connectivity index (χ1) is 8.91. The molecule has 0 unspecified atom stereocenters. The molecule has 5 nitrogen and oxygen atoms in total. The van der Waals surface area contributed by atoms with Crippen LogP contribution in [0.15, 0.2) is 24.3 Å². The van der Waals surface area contributed by atoms with Crippen LogP contribution in [0, 0.1) is 0 Å². The number of hydrogen-bond donors (Lipinski definition) is 3. The summed E-state index contributed by atoms with van der Waals surface area (Å²) < 4.78 is 0. The first-order valence-corrected chi connectivity index (χ1v) is 6.32. The predicted octanol–water partition coefficient (Wildman–Crippen LogP) is 1.63. The molecule has 0 heterocycles. The van der Waals surface area contributed by atoms with Crippen molar-refractivity contribution in [1.29, 1.82) is 0 Å². The van der Waals surface area contributed by atoms with E-state index in [1.165, 1.54) is 12.1 Å². The monoisotopic (exact) mass is 264 g/mol. The summed E-state index contributed by atoms with van der Waals surface area (Å²) in [6, 6.07) is 5.93. The molecule has 0 spiro atoms. The van der Waals surface area contributed by atoms with E-state index in [1.54, 1.807) is 12.1 Å². The highest BCUT2D eigenvalue weighted by Gasteiger charge is 2.21. The molecule has 0 aliphatic rings. The zero-order valence-electron chi connectivity index (χ0n) is 11.3. The number of carboxylic acid groups (broad SMARTS) is 1. The van der Waals surface area contributed by atoms with Crippen molar-refractivity contribution in [2.45, 2.75) is 32.2 Å². The van der Waals surface area contributed by atoms with Crippen LogP contribution in [0.1, 0.15) is 47.4 Å². The van der Waals surface area contributed by atoms with Gasteiger partial charge in [-0.1, -0.05) is 19.9 Å². The van der Waals surface area contributed by atoms with Gasteiger partial charge < -0.3 is 16.2 Å². The minimum absolute atomic E-state index is 0.0950.